The van der Waals surface area contributed by atoms with E-state index in [-0.39, 0.29) is 11.4 Å². The van der Waals surface area contributed by atoms with E-state index >= 15 is 0 Å². The Morgan fingerprint density at radius 3 is 2.81 bits per heavy atom. The molecule has 0 aliphatic rings. The predicted octanol–water partition coefficient (Wildman–Crippen LogP) is 2.49. The molecule has 86 valence electrons. The van der Waals surface area contributed by atoms with Gasteiger partial charge >= 0.3 is 0 Å². The first-order valence-electron chi connectivity index (χ1n) is 5.05. The molecule has 0 aromatic heterocycles. The van der Waals surface area contributed by atoms with Crippen molar-refractivity contribution in [3.05, 3.63) is 35.1 Å². The Labute approximate surface area is 100 Å². The van der Waals surface area contributed by atoms with Crippen LogP contribution in [0.25, 0.3) is 0 Å². The molecule has 16 heavy (non-hydrogen) atoms. The Morgan fingerprint density at radius 1 is 1.44 bits per heavy atom. The molecule has 1 aromatic carbocycles. The van der Waals surface area contributed by atoms with Crippen LogP contribution in [-0.2, 0) is 5.75 Å². The number of nitrogens with zero attached hydrogens (tertiary/aromatic N) is 2. The summed E-state index contributed by atoms with van der Waals surface area (Å²) in [5.74, 6) is 1.21. The summed E-state index contributed by atoms with van der Waals surface area (Å²) in [6.45, 7) is 0.976. The van der Waals surface area contributed by atoms with Gasteiger partial charge in [-0.25, -0.2) is 4.39 Å². The van der Waals surface area contributed by atoms with Crippen LogP contribution in [0.1, 0.15) is 11.1 Å². The molecule has 0 saturated carbocycles. The Bertz CT molecular complexity index is 385. The second-order valence-corrected chi connectivity index (χ2v) is 4.85. The van der Waals surface area contributed by atoms with Crippen molar-refractivity contribution in [2.75, 3.05) is 26.4 Å². The van der Waals surface area contributed by atoms with Gasteiger partial charge in [0.1, 0.15) is 11.9 Å². The number of rotatable bonds is 5. The molecule has 0 saturated heterocycles. The fraction of sp³-hybridized carbons (Fsp3) is 0.417. The van der Waals surface area contributed by atoms with Gasteiger partial charge in [-0.3, -0.25) is 0 Å². The van der Waals surface area contributed by atoms with E-state index in [1.807, 2.05) is 20.2 Å². The van der Waals surface area contributed by atoms with Gasteiger partial charge in [-0.2, -0.15) is 17.0 Å². The average Bonchev–Trinajstić information content (AvgIpc) is 2.26. The fourth-order valence-corrected chi connectivity index (χ4v) is 2.29. The summed E-state index contributed by atoms with van der Waals surface area (Å²) < 4.78 is 13.6. The molecule has 0 atom stereocenters. The molecule has 2 nitrogen and oxygen atoms in total. The summed E-state index contributed by atoms with van der Waals surface area (Å²) in [5, 5.41) is 8.68. The molecule has 0 heterocycles. The molecule has 0 unspecified atom stereocenters. The summed E-state index contributed by atoms with van der Waals surface area (Å²) in [6.07, 6.45) is 0. The molecule has 0 aliphatic carbocycles. The zero-order chi connectivity index (χ0) is 12.0. The van der Waals surface area contributed by atoms with Gasteiger partial charge in [-0.1, -0.05) is 12.1 Å². The van der Waals surface area contributed by atoms with Gasteiger partial charge in [0, 0.05) is 18.1 Å². The highest BCUT2D eigenvalue weighted by Gasteiger charge is 2.06. The molecule has 4 heteroatoms. The second-order valence-electron chi connectivity index (χ2n) is 3.75. The molecule has 0 radical (unpaired) electrons. The third-order valence-electron chi connectivity index (χ3n) is 2.14. The first-order chi connectivity index (χ1) is 7.65. The van der Waals surface area contributed by atoms with Gasteiger partial charge in [0.2, 0.25) is 0 Å². The van der Waals surface area contributed by atoms with Crippen LogP contribution < -0.4 is 0 Å². The van der Waals surface area contributed by atoms with Crippen molar-refractivity contribution in [2.24, 2.45) is 0 Å². The Kier molecular flexibility index (Phi) is 5.30. The number of nitriles is 1. The quantitative estimate of drug-likeness (QED) is 0.737. The van der Waals surface area contributed by atoms with E-state index in [1.165, 1.54) is 6.07 Å². The molecule has 0 bridgehead atoms. The monoisotopic (exact) mass is 238 g/mol. The number of thioether (sulfide) groups is 1. The van der Waals surface area contributed by atoms with Crippen molar-refractivity contribution < 1.29 is 4.39 Å². The zero-order valence-corrected chi connectivity index (χ0v) is 10.4. The third kappa shape index (κ3) is 3.84. The van der Waals surface area contributed by atoms with E-state index in [0.29, 0.717) is 11.3 Å². The van der Waals surface area contributed by atoms with E-state index in [2.05, 4.69) is 4.90 Å². The van der Waals surface area contributed by atoms with Crippen molar-refractivity contribution in [3.63, 3.8) is 0 Å². The maximum atomic E-state index is 13.6. The lowest BCUT2D eigenvalue weighted by atomic mass is 10.1. The lowest BCUT2D eigenvalue weighted by molar-refractivity contribution is 0.437. The number of benzene rings is 1. The van der Waals surface area contributed by atoms with Gasteiger partial charge in [0.25, 0.3) is 0 Å². The number of hydrogen-bond acceptors (Lipinski definition) is 3. The van der Waals surface area contributed by atoms with Crippen LogP contribution in [0.4, 0.5) is 4.39 Å². The summed E-state index contributed by atoms with van der Waals surface area (Å²) in [6, 6.07) is 6.82. The van der Waals surface area contributed by atoms with Crippen molar-refractivity contribution >= 4 is 11.8 Å². The minimum absolute atomic E-state index is 0.130. The Hall–Kier alpha value is -1.05. The van der Waals surface area contributed by atoms with Gasteiger partial charge in [0.15, 0.2) is 0 Å². The largest absolute Gasteiger partial charge is 0.309 e. The average molecular weight is 238 g/mol. The van der Waals surface area contributed by atoms with Crippen LogP contribution in [0.2, 0.25) is 0 Å². The minimum Gasteiger partial charge on any atom is -0.309 e. The molecule has 0 N–H and O–H groups in total. The summed E-state index contributed by atoms with van der Waals surface area (Å²) in [5.41, 5.74) is 0.744. The molecular formula is C12H15FN2S. The molecule has 0 spiro atoms. The Morgan fingerprint density at radius 2 is 2.19 bits per heavy atom. The van der Waals surface area contributed by atoms with E-state index in [1.54, 1.807) is 23.9 Å². The van der Waals surface area contributed by atoms with Crippen molar-refractivity contribution in [2.45, 2.75) is 5.75 Å². The summed E-state index contributed by atoms with van der Waals surface area (Å²) >= 11 is 1.68. The topological polar surface area (TPSA) is 27.0 Å². The molecule has 0 fully saturated rings. The van der Waals surface area contributed by atoms with Gasteiger partial charge in [0.05, 0.1) is 5.56 Å². The fourth-order valence-electron chi connectivity index (χ4n) is 1.21. The van der Waals surface area contributed by atoms with Crippen LogP contribution in [0.5, 0.6) is 0 Å². The highest BCUT2D eigenvalue weighted by molar-refractivity contribution is 7.98. The van der Waals surface area contributed by atoms with Gasteiger partial charge < -0.3 is 4.90 Å². The van der Waals surface area contributed by atoms with Crippen LogP contribution >= 0.6 is 11.8 Å². The summed E-state index contributed by atoms with van der Waals surface area (Å²) in [4.78, 5) is 2.09. The SMILES string of the molecule is CN(C)CCSCc1cccc(C#N)c1F. The molecule has 0 amide bonds. The minimum atomic E-state index is -0.373. The Balaban J connectivity index is 2.52. The number of halogens is 1. The van der Waals surface area contributed by atoms with Crippen LogP contribution in [0, 0.1) is 17.1 Å². The zero-order valence-electron chi connectivity index (χ0n) is 9.53. The van der Waals surface area contributed by atoms with Crippen molar-refractivity contribution in [1.82, 2.24) is 4.90 Å². The van der Waals surface area contributed by atoms with Crippen LogP contribution in [-0.4, -0.2) is 31.3 Å². The predicted molar refractivity (Wildman–Crippen MR) is 65.8 cm³/mol. The smallest absolute Gasteiger partial charge is 0.144 e. The van der Waals surface area contributed by atoms with E-state index in [4.69, 9.17) is 5.26 Å². The van der Waals surface area contributed by atoms with Crippen LogP contribution in [0.3, 0.4) is 0 Å². The van der Waals surface area contributed by atoms with Crippen molar-refractivity contribution in [3.8, 4) is 6.07 Å². The van der Waals surface area contributed by atoms with E-state index in [9.17, 15) is 4.39 Å². The maximum Gasteiger partial charge on any atom is 0.144 e. The molecule has 1 rings (SSSR count). The second kappa shape index (κ2) is 6.51. The number of hydrogen-bond donors (Lipinski definition) is 0. The normalized spacial score (nSPS) is 10.4. The standard InChI is InChI=1S/C12H15FN2S/c1-15(2)6-7-16-9-11-5-3-4-10(8-14)12(11)13/h3-5H,6-7,9H2,1-2H3. The highest BCUT2D eigenvalue weighted by Crippen LogP contribution is 2.18. The molecule has 0 aliphatic heterocycles. The van der Waals surface area contributed by atoms with Crippen LogP contribution in [0.15, 0.2) is 18.2 Å². The molecular weight excluding hydrogens is 223 g/mol. The van der Waals surface area contributed by atoms with E-state index in [0.717, 1.165) is 12.3 Å². The molecule has 1 aromatic rings. The highest BCUT2D eigenvalue weighted by atomic mass is 32.2. The third-order valence-corrected chi connectivity index (χ3v) is 3.13. The van der Waals surface area contributed by atoms with Crippen molar-refractivity contribution in [1.29, 1.82) is 5.26 Å². The summed E-state index contributed by atoms with van der Waals surface area (Å²) in [7, 11) is 4.02. The first-order valence-corrected chi connectivity index (χ1v) is 6.20. The lowest BCUT2D eigenvalue weighted by Crippen LogP contribution is -2.14. The lowest BCUT2D eigenvalue weighted by Gasteiger charge is -2.09. The van der Waals surface area contributed by atoms with E-state index < -0.39 is 0 Å². The van der Waals surface area contributed by atoms with Gasteiger partial charge in [-0.05, 0) is 25.7 Å². The van der Waals surface area contributed by atoms with Gasteiger partial charge in [-0.15, -0.1) is 0 Å². The maximum absolute atomic E-state index is 13.6. The first kappa shape index (κ1) is 13.0.